The zero-order valence-electron chi connectivity index (χ0n) is 12.0. The van der Waals surface area contributed by atoms with Crippen molar-refractivity contribution in [1.29, 1.82) is 0 Å². The van der Waals surface area contributed by atoms with E-state index in [1.807, 2.05) is 36.4 Å². The lowest BCUT2D eigenvalue weighted by atomic mass is 10.1. The highest BCUT2D eigenvalue weighted by molar-refractivity contribution is 5.30. The van der Waals surface area contributed by atoms with Gasteiger partial charge in [0.05, 0.1) is 13.2 Å². The summed E-state index contributed by atoms with van der Waals surface area (Å²) in [4.78, 5) is 0. The van der Waals surface area contributed by atoms with Crippen LogP contribution in [-0.2, 0) is 6.42 Å². The minimum absolute atomic E-state index is 0.147. The fraction of sp³-hybridized carbons (Fsp3) is 0.294. The number of aryl methyl sites for hydroxylation is 1. The van der Waals surface area contributed by atoms with Gasteiger partial charge in [-0.2, -0.15) is 0 Å². The third-order valence-corrected chi connectivity index (χ3v) is 3.31. The van der Waals surface area contributed by atoms with Crippen molar-refractivity contribution in [3.05, 3.63) is 59.7 Å². The summed E-state index contributed by atoms with van der Waals surface area (Å²) < 4.78 is 10.8. The SMILES string of the molecule is CCc1ccc(OCC(N)c2ccc(OC)cc2)cc1. The number of benzene rings is 2. The third kappa shape index (κ3) is 3.75. The molecule has 0 amide bonds. The van der Waals surface area contributed by atoms with E-state index in [4.69, 9.17) is 15.2 Å². The molecular formula is C17H21NO2. The lowest BCUT2D eigenvalue weighted by Gasteiger charge is -2.14. The molecule has 2 aromatic carbocycles. The first-order valence-electron chi connectivity index (χ1n) is 6.84. The summed E-state index contributed by atoms with van der Waals surface area (Å²) in [5.41, 5.74) is 8.47. The normalized spacial score (nSPS) is 11.9. The smallest absolute Gasteiger partial charge is 0.119 e. The Morgan fingerprint density at radius 2 is 1.55 bits per heavy atom. The maximum absolute atomic E-state index is 6.12. The molecule has 0 aliphatic carbocycles. The van der Waals surface area contributed by atoms with Crippen LogP contribution in [0.1, 0.15) is 24.1 Å². The van der Waals surface area contributed by atoms with Gasteiger partial charge >= 0.3 is 0 Å². The van der Waals surface area contributed by atoms with E-state index in [2.05, 4.69) is 19.1 Å². The summed E-state index contributed by atoms with van der Waals surface area (Å²) >= 11 is 0. The Balaban J connectivity index is 1.91. The van der Waals surface area contributed by atoms with Crippen LogP contribution in [0.25, 0.3) is 0 Å². The maximum atomic E-state index is 6.12. The topological polar surface area (TPSA) is 44.5 Å². The molecule has 20 heavy (non-hydrogen) atoms. The molecule has 0 aliphatic heterocycles. The first-order valence-corrected chi connectivity index (χ1v) is 6.84. The van der Waals surface area contributed by atoms with E-state index in [0.717, 1.165) is 23.5 Å². The van der Waals surface area contributed by atoms with Gasteiger partial charge in [0.15, 0.2) is 0 Å². The van der Waals surface area contributed by atoms with Crippen LogP contribution < -0.4 is 15.2 Å². The lowest BCUT2D eigenvalue weighted by Crippen LogP contribution is -2.18. The Morgan fingerprint density at radius 3 is 2.10 bits per heavy atom. The average Bonchev–Trinajstić information content (AvgIpc) is 2.53. The van der Waals surface area contributed by atoms with Gasteiger partial charge in [-0.15, -0.1) is 0 Å². The van der Waals surface area contributed by atoms with E-state index in [9.17, 15) is 0 Å². The third-order valence-electron chi connectivity index (χ3n) is 3.31. The standard InChI is InChI=1S/C17H21NO2/c1-3-13-4-8-16(9-5-13)20-12-17(18)14-6-10-15(19-2)11-7-14/h4-11,17H,3,12,18H2,1-2H3. The highest BCUT2D eigenvalue weighted by Gasteiger charge is 2.07. The molecular weight excluding hydrogens is 250 g/mol. The van der Waals surface area contributed by atoms with Crippen LogP contribution in [0.3, 0.4) is 0 Å². The summed E-state index contributed by atoms with van der Waals surface area (Å²) in [7, 11) is 1.65. The van der Waals surface area contributed by atoms with Crippen molar-refractivity contribution in [3.8, 4) is 11.5 Å². The molecule has 3 nitrogen and oxygen atoms in total. The molecule has 0 heterocycles. The number of nitrogens with two attached hydrogens (primary N) is 1. The number of hydrogen-bond donors (Lipinski definition) is 1. The molecule has 106 valence electrons. The number of hydrogen-bond acceptors (Lipinski definition) is 3. The van der Waals surface area contributed by atoms with Gasteiger partial charge in [0.25, 0.3) is 0 Å². The molecule has 0 aliphatic rings. The van der Waals surface area contributed by atoms with Crippen molar-refractivity contribution < 1.29 is 9.47 Å². The molecule has 0 fully saturated rings. The van der Waals surface area contributed by atoms with E-state index < -0.39 is 0 Å². The quantitative estimate of drug-likeness (QED) is 0.876. The van der Waals surface area contributed by atoms with Crippen LogP contribution in [0.15, 0.2) is 48.5 Å². The van der Waals surface area contributed by atoms with Crippen molar-refractivity contribution >= 4 is 0 Å². The molecule has 0 radical (unpaired) electrons. The van der Waals surface area contributed by atoms with E-state index in [1.54, 1.807) is 7.11 Å². The van der Waals surface area contributed by atoms with Gasteiger partial charge in [-0.05, 0) is 41.8 Å². The molecule has 2 rings (SSSR count). The lowest BCUT2D eigenvalue weighted by molar-refractivity contribution is 0.290. The van der Waals surface area contributed by atoms with Crippen LogP contribution in [0, 0.1) is 0 Å². The minimum atomic E-state index is -0.147. The Labute approximate surface area is 120 Å². The molecule has 3 heteroatoms. The van der Waals surface area contributed by atoms with E-state index in [-0.39, 0.29) is 6.04 Å². The molecule has 0 aromatic heterocycles. The van der Waals surface area contributed by atoms with E-state index >= 15 is 0 Å². The predicted octanol–water partition coefficient (Wildman–Crippen LogP) is 3.34. The van der Waals surface area contributed by atoms with Gasteiger partial charge in [0, 0.05) is 0 Å². The monoisotopic (exact) mass is 271 g/mol. The summed E-state index contributed by atoms with van der Waals surface area (Å²) in [6.07, 6.45) is 1.03. The van der Waals surface area contributed by atoms with Gasteiger partial charge < -0.3 is 15.2 Å². The molecule has 2 N–H and O–H groups in total. The van der Waals surface area contributed by atoms with Crippen molar-refractivity contribution in [2.24, 2.45) is 5.73 Å². The zero-order valence-corrected chi connectivity index (χ0v) is 12.0. The van der Waals surface area contributed by atoms with Gasteiger partial charge in [-0.25, -0.2) is 0 Å². The van der Waals surface area contributed by atoms with Crippen molar-refractivity contribution in [2.45, 2.75) is 19.4 Å². The zero-order chi connectivity index (χ0) is 14.4. The molecule has 2 aromatic rings. The van der Waals surface area contributed by atoms with Crippen LogP contribution in [0.5, 0.6) is 11.5 Å². The van der Waals surface area contributed by atoms with Crippen LogP contribution in [0.2, 0.25) is 0 Å². The Hall–Kier alpha value is -2.00. The van der Waals surface area contributed by atoms with Crippen molar-refractivity contribution in [3.63, 3.8) is 0 Å². The summed E-state index contributed by atoms with van der Waals surface area (Å²) in [5.74, 6) is 1.68. The predicted molar refractivity (Wildman–Crippen MR) is 81.2 cm³/mol. The van der Waals surface area contributed by atoms with Crippen molar-refractivity contribution in [1.82, 2.24) is 0 Å². The second kappa shape index (κ2) is 6.96. The maximum Gasteiger partial charge on any atom is 0.119 e. The second-order valence-corrected chi connectivity index (χ2v) is 4.69. The van der Waals surface area contributed by atoms with Gasteiger partial charge in [0.2, 0.25) is 0 Å². The molecule has 0 spiro atoms. The van der Waals surface area contributed by atoms with Crippen molar-refractivity contribution in [2.75, 3.05) is 13.7 Å². The largest absolute Gasteiger partial charge is 0.497 e. The molecule has 1 unspecified atom stereocenters. The van der Waals surface area contributed by atoms with Crippen LogP contribution >= 0.6 is 0 Å². The molecule has 0 saturated heterocycles. The Bertz CT molecular complexity index is 520. The average molecular weight is 271 g/mol. The van der Waals surface area contributed by atoms with Gasteiger partial charge in [-0.3, -0.25) is 0 Å². The fourth-order valence-electron chi connectivity index (χ4n) is 1.95. The number of methoxy groups -OCH3 is 1. The minimum Gasteiger partial charge on any atom is -0.497 e. The highest BCUT2D eigenvalue weighted by atomic mass is 16.5. The number of ether oxygens (including phenoxy) is 2. The van der Waals surface area contributed by atoms with E-state index in [1.165, 1.54) is 5.56 Å². The van der Waals surface area contributed by atoms with Gasteiger partial charge in [-0.1, -0.05) is 31.2 Å². The second-order valence-electron chi connectivity index (χ2n) is 4.69. The van der Waals surface area contributed by atoms with Crippen LogP contribution in [-0.4, -0.2) is 13.7 Å². The molecule has 1 atom stereocenters. The van der Waals surface area contributed by atoms with Gasteiger partial charge in [0.1, 0.15) is 18.1 Å². The summed E-state index contributed by atoms with van der Waals surface area (Å²) in [5, 5.41) is 0. The first-order chi connectivity index (χ1) is 9.72. The highest BCUT2D eigenvalue weighted by Crippen LogP contribution is 2.18. The summed E-state index contributed by atoms with van der Waals surface area (Å²) in [6.45, 7) is 2.59. The molecule has 0 bridgehead atoms. The molecule has 0 saturated carbocycles. The Morgan fingerprint density at radius 1 is 0.950 bits per heavy atom. The number of rotatable bonds is 6. The summed E-state index contributed by atoms with van der Waals surface area (Å²) in [6, 6.07) is 15.7. The first kappa shape index (κ1) is 14.4. The fourth-order valence-corrected chi connectivity index (χ4v) is 1.95. The van der Waals surface area contributed by atoms with Crippen LogP contribution in [0.4, 0.5) is 0 Å². The Kier molecular flexibility index (Phi) is 5.02. The van der Waals surface area contributed by atoms with E-state index in [0.29, 0.717) is 6.61 Å².